The van der Waals surface area contributed by atoms with Crippen molar-refractivity contribution in [1.29, 1.82) is 0 Å². The van der Waals surface area contributed by atoms with E-state index in [-0.39, 0.29) is 12.2 Å². The van der Waals surface area contributed by atoms with Gasteiger partial charge in [-0.15, -0.1) is 0 Å². The van der Waals surface area contributed by atoms with E-state index in [1.807, 2.05) is 64.8 Å². The van der Waals surface area contributed by atoms with Gasteiger partial charge in [-0.25, -0.2) is 22.6 Å². The van der Waals surface area contributed by atoms with E-state index in [4.69, 9.17) is 5.10 Å². The average Bonchev–Trinajstić information content (AvgIpc) is 3.53. The number of urea groups is 1. The topological polar surface area (TPSA) is 55.1 Å². The van der Waals surface area contributed by atoms with E-state index in [0.717, 1.165) is 46.7 Å². The number of nitrogens with one attached hydrogen (secondary N) is 1. The van der Waals surface area contributed by atoms with Crippen molar-refractivity contribution in [3.63, 3.8) is 0 Å². The van der Waals surface area contributed by atoms with Crippen LogP contribution < -0.4 is 5.32 Å². The third-order valence-corrected chi connectivity index (χ3v) is 6.92. The quantitative estimate of drug-likeness (QED) is 0.280. The molecule has 0 bridgehead atoms. The van der Waals surface area contributed by atoms with Crippen LogP contribution in [-0.4, -0.2) is 25.3 Å². The molecule has 0 unspecified atom stereocenters. The van der Waals surface area contributed by atoms with E-state index in [0.29, 0.717) is 12.0 Å². The predicted octanol–water partition coefficient (Wildman–Crippen LogP) is 6.78. The Bertz CT molecular complexity index is 1660. The van der Waals surface area contributed by atoms with Crippen molar-refractivity contribution in [2.45, 2.75) is 25.9 Å². The summed E-state index contributed by atoms with van der Waals surface area (Å²) < 4.78 is 46.2. The van der Waals surface area contributed by atoms with Crippen molar-refractivity contribution < 1.29 is 18.0 Å². The molecule has 3 heterocycles. The predicted molar refractivity (Wildman–Crippen MR) is 141 cm³/mol. The number of benzene rings is 3. The van der Waals surface area contributed by atoms with Crippen molar-refractivity contribution >= 4 is 11.7 Å². The van der Waals surface area contributed by atoms with Gasteiger partial charge in [-0.3, -0.25) is 0 Å². The maximum atomic E-state index is 14.5. The van der Waals surface area contributed by atoms with E-state index < -0.39 is 29.5 Å². The molecular weight excluding hydrogens is 503 g/mol. The summed E-state index contributed by atoms with van der Waals surface area (Å²) in [6.45, 7) is 2.11. The average molecular weight is 528 g/mol. The van der Waals surface area contributed by atoms with Gasteiger partial charge in [0.1, 0.15) is 23.3 Å². The van der Waals surface area contributed by atoms with Crippen LogP contribution in [0.15, 0.2) is 91.1 Å². The van der Waals surface area contributed by atoms with Crippen molar-refractivity contribution in [2.75, 3.05) is 5.32 Å². The molecule has 9 heteroatoms. The fraction of sp³-hybridized carbons (Fsp3) is 0.133. The van der Waals surface area contributed by atoms with Crippen molar-refractivity contribution in [3.8, 4) is 11.5 Å². The normalized spacial score (nSPS) is 14.5. The Labute approximate surface area is 222 Å². The van der Waals surface area contributed by atoms with E-state index >= 15 is 0 Å². The Morgan fingerprint density at radius 1 is 0.949 bits per heavy atom. The number of aromatic nitrogens is 3. The molecule has 6 nitrogen and oxygen atoms in total. The minimum atomic E-state index is -0.756. The highest BCUT2D eigenvalue weighted by Crippen LogP contribution is 2.39. The van der Waals surface area contributed by atoms with Crippen LogP contribution in [0.4, 0.5) is 23.7 Å². The lowest BCUT2D eigenvalue weighted by molar-refractivity contribution is 0.194. The fourth-order valence-electron chi connectivity index (χ4n) is 5.12. The zero-order chi connectivity index (χ0) is 27.1. The van der Waals surface area contributed by atoms with Crippen molar-refractivity contribution in [3.05, 3.63) is 131 Å². The molecular formula is C30H24F3N5O. The Balaban J connectivity index is 1.55. The number of fused-ring (bicyclic) bond motifs is 3. The Kier molecular flexibility index (Phi) is 6.18. The lowest BCUT2D eigenvalue weighted by Crippen LogP contribution is -2.38. The molecule has 0 fully saturated rings. The smallest absolute Gasteiger partial charge is 0.307 e. The van der Waals surface area contributed by atoms with Crippen molar-refractivity contribution in [1.82, 2.24) is 19.2 Å². The Morgan fingerprint density at radius 3 is 2.44 bits per heavy atom. The second-order valence-electron chi connectivity index (χ2n) is 9.29. The lowest BCUT2D eigenvalue weighted by Gasteiger charge is -2.31. The molecule has 0 saturated carbocycles. The molecule has 5 aromatic rings. The molecule has 1 N–H and O–H groups in total. The lowest BCUT2D eigenvalue weighted by atomic mass is 10.0. The van der Waals surface area contributed by atoms with Crippen molar-refractivity contribution in [2.24, 2.45) is 0 Å². The number of aryl methyl sites for hydroxylation is 1. The number of hydrogen-bond acceptors (Lipinski definition) is 2. The third-order valence-electron chi connectivity index (χ3n) is 6.92. The molecule has 0 aliphatic carbocycles. The monoisotopic (exact) mass is 527 g/mol. The maximum Gasteiger partial charge on any atom is 0.323 e. The van der Waals surface area contributed by atoms with Crippen LogP contribution in [0, 0.1) is 17.5 Å². The molecule has 2 aromatic heterocycles. The molecule has 1 atom stereocenters. The first-order chi connectivity index (χ1) is 18.9. The summed E-state index contributed by atoms with van der Waals surface area (Å²) in [7, 11) is 0. The molecule has 0 radical (unpaired) electrons. The molecule has 0 saturated heterocycles. The number of para-hydroxylation sites is 1. The van der Waals surface area contributed by atoms with Crippen LogP contribution in [-0.2, 0) is 13.0 Å². The van der Waals surface area contributed by atoms with E-state index in [1.54, 1.807) is 17.0 Å². The Hall–Kier alpha value is -4.79. The van der Waals surface area contributed by atoms with E-state index in [9.17, 15) is 18.0 Å². The van der Waals surface area contributed by atoms with Gasteiger partial charge in [0.05, 0.1) is 35.3 Å². The number of nitrogens with zero attached hydrogens (tertiary/aromatic N) is 4. The number of amides is 2. The second-order valence-corrected chi connectivity index (χ2v) is 9.29. The first kappa shape index (κ1) is 24.5. The molecule has 39 heavy (non-hydrogen) atoms. The van der Waals surface area contributed by atoms with E-state index in [1.165, 1.54) is 12.1 Å². The summed E-state index contributed by atoms with van der Waals surface area (Å²) in [5.41, 5.74) is 3.59. The van der Waals surface area contributed by atoms with Gasteiger partial charge in [-0.2, -0.15) is 5.10 Å². The highest BCUT2D eigenvalue weighted by molar-refractivity contribution is 5.90. The largest absolute Gasteiger partial charge is 0.323 e. The van der Waals surface area contributed by atoms with Crippen LogP contribution in [0.1, 0.15) is 35.5 Å². The van der Waals surface area contributed by atoms with Crippen LogP contribution in [0.3, 0.4) is 0 Å². The molecule has 196 valence electrons. The summed E-state index contributed by atoms with van der Waals surface area (Å²) >= 11 is 0. The zero-order valence-electron chi connectivity index (χ0n) is 21.0. The molecule has 3 aromatic carbocycles. The zero-order valence-corrected chi connectivity index (χ0v) is 21.0. The number of carbonyl (C=O) groups excluding carboxylic acids is 1. The van der Waals surface area contributed by atoms with Gasteiger partial charge < -0.3 is 14.8 Å². The number of halogens is 3. The summed E-state index contributed by atoms with van der Waals surface area (Å²) in [6.07, 6.45) is 2.51. The second kappa shape index (κ2) is 9.83. The number of carbonyl (C=O) groups is 1. The van der Waals surface area contributed by atoms with Crippen LogP contribution in [0.2, 0.25) is 0 Å². The Morgan fingerprint density at radius 2 is 1.69 bits per heavy atom. The minimum absolute atomic E-state index is 0.123. The number of anilines is 1. The SMILES string of the molecule is CCc1nn(-c2ccccc2)c2c1CN(C(=O)Nc1cc(F)ccc1F)[C@H](c1ccc(F)cc1)c1cccn1-2. The summed E-state index contributed by atoms with van der Waals surface area (Å²) in [5.74, 6) is -1.06. The van der Waals surface area contributed by atoms with Crippen LogP contribution in [0.5, 0.6) is 0 Å². The number of rotatable bonds is 4. The minimum Gasteiger partial charge on any atom is -0.307 e. The van der Waals surface area contributed by atoms with Gasteiger partial charge in [0.15, 0.2) is 0 Å². The van der Waals surface area contributed by atoms with Crippen LogP contribution in [0.25, 0.3) is 11.5 Å². The van der Waals surface area contributed by atoms with Gasteiger partial charge in [-0.05, 0) is 60.5 Å². The highest BCUT2D eigenvalue weighted by atomic mass is 19.1. The van der Waals surface area contributed by atoms with Gasteiger partial charge in [0.2, 0.25) is 0 Å². The fourth-order valence-corrected chi connectivity index (χ4v) is 5.12. The summed E-state index contributed by atoms with van der Waals surface area (Å²) in [5, 5.41) is 7.44. The first-order valence-corrected chi connectivity index (χ1v) is 12.6. The molecule has 2 amide bonds. The maximum absolute atomic E-state index is 14.5. The highest BCUT2D eigenvalue weighted by Gasteiger charge is 2.36. The molecule has 1 aliphatic heterocycles. The van der Waals surface area contributed by atoms with Gasteiger partial charge in [-0.1, -0.05) is 37.3 Å². The summed E-state index contributed by atoms with van der Waals surface area (Å²) in [6, 6.07) is 21.0. The van der Waals surface area contributed by atoms with Gasteiger partial charge in [0, 0.05) is 17.8 Å². The third kappa shape index (κ3) is 4.35. The summed E-state index contributed by atoms with van der Waals surface area (Å²) in [4.78, 5) is 15.4. The van der Waals surface area contributed by atoms with Gasteiger partial charge in [0.25, 0.3) is 0 Å². The standard InChI is InChI=1S/C30H24F3N5O/c1-2-25-23-18-37(30(39)34-26-17-21(32)14-15-24(26)33)28(19-10-12-20(31)13-11-19)27-9-6-16-36(27)29(23)38(35-25)22-7-4-3-5-8-22/h3-17,28H,2,18H2,1H3,(H,34,39)/t28-/m1/s1. The van der Waals surface area contributed by atoms with E-state index in [2.05, 4.69) is 5.32 Å². The number of hydrogen-bond donors (Lipinski definition) is 1. The van der Waals surface area contributed by atoms with Crippen LogP contribution >= 0.6 is 0 Å². The molecule has 1 aliphatic rings. The molecule has 0 spiro atoms. The van der Waals surface area contributed by atoms with Gasteiger partial charge >= 0.3 is 6.03 Å². The first-order valence-electron chi connectivity index (χ1n) is 12.6. The molecule has 6 rings (SSSR count).